The van der Waals surface area contributed by atoms with Crippen molar-refractivity contribution in [1.29, 1.82) is 0 Å². The molecule has 3 rings (SSSR count). The highest BCUT2D eigenvalue weighted by atomic mass is 32.2. The quantitative estimate of drug-likeness (QED) is 0.781. The number of piperidine rings is 1. The first-order chi connectivity index (χ1) is 12.3. The van der Waals surface area contributed by atoms with E-state index in [1.54, 1.807) is 11.3 Å². The van der Waals surface area contributed by atoms with Crippen molar-refractivity contribution in [2.75, 3.05) is 52.1 Å². The second-order valence-corrected chi connectivity index (χ2v) is 10.1. The number of thiophene rings is 1. The molecule has 146 valence electrons. The van der Waals surface area contributed by atoms with E-state index in [1.165, 1.54) is 10.6 Å². The minimum absolute atomic E-state index is 0.0729. The van der Waals surface area contributed by atoms with Gasteiger partial charge in [-0.2, -0.15) is 0 Å². The van der Waals surface area contributed by atoms with E-state index in [-0.39, 0.29) is 11.8 Å². The van der Waals surface area contributed by atoms with Crippen LogP contribution in [0.15, 0.2) is 17.5 Å². The monoisotopic (exact) mass is 401 g/mol. The lowest BCUT2D eigenvalue weighted by atomic mass is 9.96. The van der Waals surface area contributed by atoms with Crippen LogP contribution in [-0.2, 0) is 14.8 Å². The van der Waals surface area contributed by atoms with E-state index in [4.69, 9.17) is 0 Å². The molecule has 1 unspecified atom stereocenters. The van der Waals surface area contributed by atoms with E-state index >= 15 is 0 Å². The maximum atomic E-state index is 12.7. The van der Waals surface area contributed by atoms with Gasteiger partial charge in [0.1, 0.15) is 6.10 Å². The molecule has 1 aromatic rings. The summed E-state index contributed by atoms with van der Waals surface area (Å²) in [5.74, 6) is 0.0767. The smallest absolute Gasteiger partial charge is 0.225 e. The van der Waals surface area contributed by atoms with Gasteiger partial charge in [-0.1, -0.05) is 6.07 Å². The molecular formula is C17H27N3O4S2. The molecule has 26 heavy (non-hydrogen) atoms. The fourth-order valence-corrected chi connectivity index (χ4v) is 5.24. The third-order valence-corrected chi connectivity index (χ3v) is 7.54. The number of rotatable bonds is 5. The molecule has 0 spiro atoms. The molecule has 0 radical (unpaired) electrons. The zero-order valence-corrected chi connectivity index (χ0v) is 16.7. The summed E-state index contributed by atoms with van der Waals surface area (Å²) in [7, 11) is -3.16. The van der Waals surface area contributed by atoms with Crippen LogP contribution in [0.25, 0.3) is 0 Å². The van der Waals surface area contributed by atoms with Gasteiger partial charge in [0, 0.05) is 56.6 Å². The Bertz CT molecular complexity index is 692. The van der Waals surface area contributed by atoms with Crippen LogP contribution in [0.2, 0.25) is 0 Å². The van der Waals surface area contributed by atoms with Crippen molar-refractivity contribution in [3.63, 3.8) is 0 Å². The van der Waals surface area contributed by atoms with Gasteiger partial charge >= 0.3 is 0 Å². The summed E-state index contributed by atoms with van der Waals surface area (Å²) in [6, 6.07) is 3.88. The molecule has 1 N–H and O–H groups in total. The molecule has 0 saturated carbocycles. The lowest BCUT2D eigenvalue weighted by Gasteiger charge is -2.38. The average molecular weight is 402 g/mol. The fourth-order valence-electron chi connectivity index (χ4n) is 3.66. The van der Waals surface area contributed by atoms with Gasteiger partial charge in [0.2, 0.25) is 15.9 Å². The molecule has 7 nitrogen and oxygen atoms in total. The number of amides is 1. The van der Waals surface area contributed by atoms with E-state index in [0.29, 0.717) is 45.6 Å². The van der Waals surface area contributed by atoms with Gasteiger partial charge in [0.05, 0.1) is 6.26 Å². The third kappa shape index (κ3) is 4.83. The summed E-state index contributed by atoms with van der Waals surface area (Å²) < 4.78 is 24.6. The molecular weight excluding hydrogens is 374 g/mol. The normalized spacial score (nSPS) is 22.5. The number of sulfonamides is 1. The van der Waals surface area contributed by atoms with Gasteiger partial charge in [-0.3, -0.25) is 9.69 Å². The van der Waals surface area contributed by atoms with Gasteiger partial charge in [-0.05, 0) is 24.3 Å². The molecule has 2 aliphatic rings. The number of carbonyl (C=O) groups is 1. The van der Waals surface area contributed by atoms with Gasteiger partial charge in [0.25, 0.3) is 0 Å². The van der Waals surface area contributed by atoms with Gasteiger partial charge < -0.3 is 10.0 Å². The second-order valence-electron chi connectivity index (χ2n) is 7.09. The van der Waals surface area contributed by atoms with E-state index in [9.17, 15) is 18.3 Å². The Labute approximate surface area is 159 Å². The van der Waals surface area contributed by atoms with Gasteiger partial charge in [-0.25, -0.2) is 12.7 Å². The Hall–Kier alpha value is -1.00. The predicted octanol–water partition coefficient (Wildman–Crippen LogP) is 0.597. The standard InChI is InChI=1S/C17H27N3O4S2/c1-26(23,24)20-6-4-14(5-7-20)17(22)19-10-8-18(9-11-19)13-15(21)16-3-2-12-25-16/h2-3,12,14-15,21H,4-11,13H2,1H3. The van der Waals surface area contributed by atoms with Gasteiger partial charge in [-0.15, -0.1) is 11.3 Å². The Balaban J connectivity index is 1.44. The summed E-state index contributed by atoms with van der Waals surface area (Å²) >= 11 is 1.56. The number of carbonyl (C=O) groups excluding carboxylic acids is 1. The SMILES string of the molecule is CS(=O)(=O)N1CCC(C(=O)N2CCN(CC(O)c3cccs3)CC2)CC1. The highest BCUT2D eigenvalue weighted by molar-refractivity contribution is 7.88. The molecule has 0 aromatic carbocycles. The molecule has 1 atom stereocenters. The Kier molecular flexibility index (Phi) is 6.34. The number of aliphatic hydroxyl groups excluding tert-OH is 1. The number of hydrogen-bond acceptors (Lipinski definition) is 6. The number of nitrogens with zero attached hydrogens (tertiary/aromatic N) is 3. The van der Waals surface area contributed by atoms with E-state index < -0.39 is 16.1 Å². The third-order valence-electron chi connectivity index (χ3n) is 5.26. The highest BCUT2D eigenvalue weighted by Gasteiger charge is 2.32. The maximum absolute atomic E-state index is 12.7. The number of hydrogen-bond donors (Lipinski definition) is 1. The Morgan fingerprint density at radius 2 is 1.88 bits per heavy atom. The molecule has 2 saturated heterocycles. The summed E-state index contributed by atoms with van der Waals surface area (Å²) in [4.78, 5) is 17.8. The zero-order chi connectivity index (χ0) is 18.7. The van der Waals surface area contributed by atoms with Crippen molar-refractivity contribution < 1.29 is 18.3 Å². The van der Waals surface area contributed by atoms with Crippen LogP contribution in [0.5, 0.6) is 0 Å². The maximum Gasteiger partial charge on any atom is 0.225 e. The number of β-amino-alcohol motifs (C(OH)–C–C–N with tert-alkyl or cyclic N) is 1. The molecule has 2 fully saturated rings. The predicted molar refractivity (Wildman–Crippen MR) is 101 cm³/mol. The Morgan fingerprint density at radius 3 is 2.42 bits per heavy atom. The topological polar surface area (TPSA) is 81.2 Å². The van der Waals surface area contributed by atoms with E-state index in [0.717, 1.165) is 18.0 Å². The van der Waals surface area contributed by atoms with E-state index in [1.807, 2.05) is 22.4 Å². The van der Waals surface area contributed by atoms with Crippen LogP contribution in [-0.4, -0.2) is 85.6 Å². The number of aliphatic hydroxyl groups is 1. The summed E-state index contributed by atoms with van der Waals surface area (Å²) in [5, 5.41) is 12.2. The van der Waals surface area contributed by atoms with Gasteiger partial charge in [0.15, 0.2) is 0 Å². The highest BCUT2D eigenvalue weighted by Crippen LogP contribution is 2.23. The first kappa shape index (κ1) is 19.8. The number of piperazine rings is 1. The van der Waals surface area contributed by atoms with Crippen LogP contribution in [0.4, 0.5) is 0 Å². The molecule has 3 heterocycles. The van der Waals surface area contributed by atoms with Crippen LogP contribution >= 0.6 is 11.3 Å². The largest absolute Gasteiger partial charge is 0.386 e. The molecule has 2 aliphatic heterocycles. The fraction of sp³-hybridized carbons (Fsp3) is 0.706. The molecule has 0 bridgehead atoms. The molecule has 1 amide bonds. The first-order valence-corrected chi connectivity index (χ1v) is 11.7. The lowest BCUT2D eigenvalue weighted by Crippen LogP contribution is -2.52. The van der Waals surface area contributed by atoms with E-state index in [2.05, 4.69) is 4.90 Å². The first-order valence-electron chi connectivity index (χ1n) is 9.02. The minimum atomic E-state index is -3.16. The van der Waals surface area contributed by atoms with Crippen LogP contribution in [0.3, 0.4) is 0 Å². The Morgan fingerprint density at radius 1 is 1.23 bits per heavy atom. The summed E-state index contributed by atoms with van der Waals surface area (Å²) in [6.07, 6.45) is 1.95. The zero-order valence-electron chi connectivity index (χ0n) is 15.1. The second kappa shape index (κ2) is 8.35. The van der Waals surface area contributed by atoms with Crippen LogP contribution in [0, 0.1) is 5.92 Å². The average Bonchev–Trinajstić information content (AvgIpc) is 3.16. The minimum Gasteiger partial charge on any atom is -0.386 e. The van der Waals surface area contributed by atoms with Crippen molar-refractivity contribution in [1.82, 2.24) is 14.1 Å². The van der Waals surface area contributed by atoms with Crippen LogP contribution < -0.4 is 0 Å². The van der Waals surface area contributed by atoms with Crippen molar-refractivity contribution in [3.8, 4) is 0 Å². The van der Waals surface area contributed by atoms with Crippen molar-refractivity contribution in [2.45, 2.75) is 18.9 Å². The molecule has 0 aliphatic carbocycles. The molecule has 9 heteroatoms. The summed E-state index contributed by atoms with van der Waals surface area (Å²) in [5.41, 5.74) is 0. The molecule has 1 aromatic heterocycles. The van der Waals surface area contributed by atoms with Crippen LogP contribution in [0.1, 0.15) is 23.8 Å². The summed E-state index contributed by atoms with van der Waals surface area (Å²) in [6.45, 7) is 4.32. The van der Waals surface area contributed by atoms with Crippen molar-refractivity contribution >= 4 is 27.3 Å². The lowest BCUT2D eigenvalue weighted by molar-refractivity contribution is -0.138. The van der Waals surface area contributed by atoms with Crippen molar-refractivity contribution in [3.05, 3.63) is 22.4 Å². The van der Waals surface area contributed by atoms with Crippen molar-refractivity contribution in [2.24, 2.45) is 5.92 Å².